The highest BCUT2D eigenvalue weighted by molar-refractivity contribution is 5.76. The zero-order valence-corrected chi connectivity index (χ0v) is 7.80. The average molecular weight is 171 g/mol. The van der Waals surface area contributed by atoms with E-state index in [-0.39, 0.29) is 11.9 Å². The standard InChI is InChI=1S/C9H17NO2/c1-7(2)10-9(11)5-8-3-4-12-6-8/h7-8H,3-6H2,1-2H3,(H,10,11). The van der Waals surface area contributed by atoms with Crippen LogP contribution in [0.1, 0.15) is 26.7 Å². The lowest BCUT2D eigenvalue weighted by atomic mass is 10.0. The fourth-order valence-electron chi connectivity index (χ4n) is 1.39. The van der Waals surface area contributed by atoms with Gasteiger partial charge in [-0.25, -0.2) is 0 Å². The molecule has 0 aromatic carbocycles. The van der Waals surface area contributed by atoms with Crippen molar-refractivity contribution in [3.05, 3.63) is 0 Å². The number of carbonyl (C=O) groups is 1. The molecule has 1 aliphatic heterocycles. The van der Waals surface area contributed by atoms with E-state index < -0.39 is 0 Å². The zero-order valence-electron chi connectivity index (χ0n) is 7.80. The molecule has 0 aromatic rings. The normalized spacial score (nSPS) is 23.1. The van der Waals surface area contributed by atoms with E-state index in [1.807, 2.05) is 13.8 Å². The first-order valence-corrected chi connectivity index (χ1v) is 4.55. The van der Waals surface area contributed by atoms with Crippen molar-refractivity contribution in [1.82, 2.24) is 5.32 Å². The third-order valence-electron chi connectivity index (χ3n) is 1.95. The molecule has 12 heavy (non-hydrogen) atoms. The van der Waals surface area contributed by atoms with E-state index in [1.54, 1.807) is 0 Å². The Balaban J connectivity index is 2.16. The summed E-state index contributed by atoms with van der Waals surface area (Å²) < 4.78 is 5.18. The molecule has 1 heterocycles. The molecule has 1 rings (SSSR count). The molecule has 1 unspecified atom stereocenters. The summed E-state index contributed by atoms with van der Waals surface area (Å²) in [5, 5.41) is 2.88. The summed E-state index contributed by atoms with van der Waals surface area (Å²) in [6.45, 7) is 5.53. The third kappa shape index (κ3) is 3.22. The van der Waals surface area contributed by atoms with Crippen LogP contribution in [0.4, 0.5) is 0 Å². The highest BCUT2D eigenvalue weighted by atomic mass is 16.5. The van der Waals surface area contributed by atoms with Crippen molar-refractivity contribution in [1.29, 1.82) is 0 Å². The highest BCUT2D eigenvalue weighted by Gasteiger charge is 2.18. The molecule has 1 saturated heterocycles. The highest BCUT2D eigenvalue weighted by Crippen LogP contribution is 2.15. The van der Waals surface area contributed by atoms with Crippen LogP contribution in [0, 0.1) is 5.92 Å². The summed E-state index contributed by atoms with van der Waals surface area (Å²) in [6, 6.07) is 0.250. The number of hydrogen-bond acceptors (Lipinski definition) is 2. The topological polar surface area (TPSA) is 38.3 Å². The largest absolute Gasteiger partial charge is 0.381 e. The van der Waals surface area contributed by atoms with Gasteiger partial charge < -0.3 is 10.1 Å². The van der Waals surface area contributed by atoms with Crippen LogP contribution in [-0.2, 0) is 9.53 Å². The van der Waals surface area contributed by atoms with Crippen molar-refractivity contribution < 1.29 is 9.53 Å². The van der Waals surface area contributed by atoms with Gasteiger partial charge in [0, 0.05) is 25.7 Å². The van der Waals surface area contributed by atoms with Crippen molar-refractivity contribution in [3.63, 3.8) is 0 Å². The maximum Gasteiger partial charge on any atom is 0.220 e. The van der Waals surface area contributed by atoms with Crippen LogP contribution in [0.3, 0.4) is 0 Å². The van der Waals surface area contributed by atoms with E-state index in [4.69, 9.17) is 4.74 Å². The Kier molecular flexibility index (Phi) is 3.53. The molecule has 0 bridgehead atoms. The summed E-state index contributed by atoms with van der Waals surface area (Å²) in [4.78, 5) is 11.2. The first kappa shape index (κ1) is 9.52. The van der Waals surface area contributed by atoms with Crippen LogP contribution in [-0.4, -0.2) is 25.2 Å². The smallest absolute Gasteiger partial charge is 0.220 e. The van der Waals surface area contributed by atoms with E-state index in [2.05, 4.69) is 5.32 Å². The summed E-state index contributed by atoms with van der Waals surface area (Å²) in [7, 11) is 0. The lowest BCUT2D eigenvalue weighted by molar-refractivity contribution is -0.122. The van der Waals surface area contributed by atoms with Crippen molar-refractivity contribution >= 4 is 5.91 Å². The SMILES string of the molecule is CC(C)NC(=O)CC1CCOC1. The molecule has 3 nitrogen and oxygen atoms in total. The average Bonchev–Trinajstić information content (AvgIpc) is 2.37. The first-order valence-electron chi connectivity index (χ1n) is 4.55. The predicted octanol–water partition coefficient (Wildman–Crippen LogP) is 0.938. The summed E-state index contributed by atoms with van der Waals surface area (Å²) in [5.41, 5.74) is 0. The van der Waals surface area contributed by atoms with E-state index in [0.717, 1.165) is 19.6 Å². The predicted molar refractivity (Wildman–Crippen MR) is 46.8 cm³/mol. The van der Waals surface area contributed by atoms with Crippen molar-refractivity contribution in [2.24, 2.45) is 5.92 Å². The fourth-order valence-corrected chi connectivity index (χ4v) is 1.39. The van der Waals surface area contributed by atoms with Crippen LogP contribution >= 0.6 is 0 Å². The molecule has 3 heteroatoms. The van der Waals surface area contributed by atoms with Gasteiger partial charge in [0.25, 0.3) is 0 Å². The van der Waals surface area contributed by atoms with Gasteiger partial charge in [-0.2, -0.15) is 0 Å². The van der Waals surface area contributed by atoms with Crippen molar-refractivity contribution in [2.45, 2.75) is 32.7 Å². The molecule has 70 valence electrons. The Morgan fingerprint density at radius 1 is 1.67 bits per heavy atom. The van der Waals surface area contributed by atoms with Crippen LogP contribution in [0.5, 0.6) is 0 Å². The Bertz CT molecular complexity index is 151. The van der Waals surface area contributed by atoms with Gasteiger partial charge >= 0.3 is 0 Å². The van der Waals surface area contributed by atoms with E-state index in [9.17, 15) is 4.79 Å². The van der Waals surface area contributed by atoms with Gasteiger partial charge in [-0.15, -0.1) is 0 Å². The van der Waals surface area contributed by atoms with Crippen LogP contribution < -0.4 is 5.32 Å². The fraction of sp³-hybridized carbons (Fsp3) is 0.889. The number of ether oxygens (including phenoxy) is 1. The molecular weight excluding hydrogens is 154 g/mol. The van der Waals surface area contributed by atoms with Crippen molar-refractivity contribution in [2.75, 3.05) is 13.2 Å². The molecule has 1 atom stereocenters. The Morgan fingerprint density at radius 3 is 2.92 bits per heavy atom. The number of carbonyl (C=O) groups excluding carboxylic acids is 1. The lowest BCUT2D eigenvalue weighted by Gasteiger charge is -2.10. The molecule has 0 saturated carbocycles. The van der Waals surface area contributed by atoms with Gasteiger partial charge in [-0.1, -0.05) is 0 Å². The Labute approximate surface area is 73.5 Å². The second-order valence-corrected chi connectivity index (χ2v) is 3.66. The van der Waals surface area contributed by atoms with Crippen LogP contribution in [0.2, 0.25) is 0 Å². The number of amides is 1. The van der Waals surface area contributed by atoms with E-state index in [0.29, 0.717) is 12.3 Å². The Morgan fingerprint density at radius 2 is 2.42 bits per heavy atom. The second kappa shape index (κ2) is 4.45. The molecule has 0 spiro atoms. The van der Waals surface area contributed by atoms with E-state index >= 15 is 0 Å². The maximum absolute atomic E-state index is 11.2. The lowest BCUT2D eigenvalue weighted by Crippen LogP contribution is -2.31. The number of hydrogen-bond donors (Lipinski definition) is 1. The van der Waals surface area contributed by atoms with Gasteiger partial charge in [0.05, 0.1) is 0 Å². The minimum Gasteiger partial charge on any atom is -0.381 e. The summed E-state index contributed by atoms with van der Waals surface area (Å²) in [6.07, 6.45) is 1.66. The molecule has 1 fully saturated rings. The molecule has 1 N–H and O–H groups in total. The van der Waals surface area contributed by atoms with Crippen LogP contribution in [0.25, 0.3) is 0 Å². The van der Waals surface area contributed by atoms with E-state index in [1.165, 1.54) is 0 Å². The van der Waals surface area contributed by atoms with Gasteiger partial charge in [0.2, 0.25) is 5.91 Å². The monoisotopic (exact) mass is 171 g/mol. The number of nitrogens with one attached hydrogen (secondary N) is 1. The molecular formula is C9H17NO2. The summed E-state index contributed by atoms with van der Waals surface area (Å²) in [5.74, 6) is 0.601. The minimum atomic E-state index is 0.153. The van der Waals surface area contributed by atoms with Gasteiger partial charge in [0.1, 0.15) is 0 Å². The van der Waals surface area contributed by atoms with Gasteiger partial charge in [0.15, 0.2) is 0 Å². The molecule has 0 aromatic heterocycles. The van der Waals surface area contributed by atoms with Crippen LogP contribution in [0.15, 0.2) is 0 Å². The molecule has 1 aliphatic rings. The molecule has 0 aliphatic carbocycles. The van der Waals surface area contributed by atoms with Crippen molar-refractivity contribution in [3.8, 4) is 0 Å². The maximum atomic E-state index is 11.2. The third-order valence-corrected chi connectivity index (χ3v) is 1.95. The first-order chi connectivity index (χ1) is 5.68. The number of rotatable bonds is 3. The van der Waals surface area contributed by atoms with Gasteiger partial charge in [-0.05, 0) is 26.2 Å². The second-order valence-electron chi connectivity index (χ2n) is 3.66. The molecule has 1 amide bonds. The minimum absolute atomic E-state index is 0.153. The van der Waals surface area contributed by atoms with Gasteiger partial charge in [-0.3, -0.25) is 4.79 Å². The zero-order chi connectivity index (χ0) is 8.97. The summed E-state index contributed by atoms with van der Waals surface area (Å²) >= 11 is 0. The molecule has 0 radical (unpaired) electrons. The quantitative estimate of drug-likeness (QED) is 0.686. The Hall–Kier alpha value is -0.570.